The molecule has 2 N–H and O–H groups in total. The maximum Gasteiger partial charge on any atom is 0.274 e. The molecule has 0 aliphatic carbocycles. The maximum absolute atomic E-state index is 12.5. The van der Waals surface area contributed by atoms with Gasteiger partial charge in [-0.1, -0.05) is 6.07 Å². The highest BCUT2D eigenvalue weighted by Gasteiger charge is 2.10. The summed E-state index contributed by atoms with van der Waals surface area (Å²) >= 11 is 0. The predicted octanol–water partition coefficient (Wildman–Crippen LogP) is 3.55. The zero-order chi connectivity index (χ0) is 19.2. The third kappa shape index (κ3) is 4.72. The summed E-state index contributed by atoms with van der Waals surface area (Å²) in [6, 6.07) is 16.5. The molecule has 0 aliphatic rings. The molecule has 0 unspecified atom stereocenters. The molecule has 27 heavy (non-hydrogen) atoms. The van der Waals surface area contributed by atoms with Gasteiger partial charge >= 0.3 is 0 Å². The average Bonchev–Trinajstić information content (AvgIpc) is 2.68. The molecule has 0 saturated heterocycles. The topological polar surface area (TPSA) is 79.4 Å². The van der Waals surface area contributed by atoms with Gasteiger partial charge in [0.05, 0.1) is 7.11 Å². The Morgan fingerprint density at radius 2 is 1.81 bits per heavy atom. The van der Waals surface area contributed by atoms with E-state index in [1.54, 1.807) is 37.6 Å². The first-order valence-electron chi connectivity index (χ1n) is 8.38. The van der Waals surface area contributed by atoms with Crippen molar-refractivity contribution in [3.63, 3.8) is 0 Å². The van der Waals surface area contributed by atoms with Gasteiger partial charge in [0.15, 0.2) is 0 Å². The number of hydrogen-bond donors (Lipinski definition) is 2. The van der Waals surface area contributed by atoms with Crippen LogP contribution in [0.1, 0.15) is 10.5 Å². The Morgan fingerprint density at radius 1 is 1.04 bits per heavy atom. The summed E-state index contributed by atoms with van der Waals surface area (Å²) < 4.78 is 5.16. The van der Waals surface area contributed by atoms with Gasteiger partial charge in [0.25, 0.3) is 5.91 Å². The van der Waals surface area contributed by atoms with Crippen molar-refractivity contribution in [1.29, 1.82) is 0 Å². The lowest BCUT2D eigenvalue weighted by atomic mass is 10.2. The van der Waals surface area contributed by atoms with E-state index in [4.69, 9.17) is 4.74 Å². The van der Waals surface area contributed by atoms with Crippen molar-refractivity contribution >= 4 is 28.9 Å². The fraction of sp³-hybridized carbons (Fsp3) is 0.150. The average molecular weight is 363 g/mol. The largest absolute Gasteiger partial charge is 0.497 e. The number of nitrogens with zero attached hydrogens (tertiary/aromatic N) is 3. The van der Waals surface area contributed by atoms with E-state index in [0.29, 0.717) is 17.4 Å². The van der Waals surface area contributed by atoms with Gasteiger partial charge in [0.2, 0.25) is 5.95 Å². The quantitative estimate of drug-likeness (QED) is 0.697. The van der Waals surface area contributed by atoms with E-state index in [9.17, 15) is 4.79 Å². The molecular formula is C20H21N5O2. The van der Waals surface area contributed by atoms with Gasteiger partial charge in [0, 0.05) is 43.4 Å². The summed E-state index contributed by atoms with van der Waals surface area (Å²) in [4.78, 5) is 22.9. The molecule has 0 saturated carbocycles. The molecule has 0 radical (unpaired) electrons. The number of carbonyl (C=O) groups excluding carboxylic acids is 1. The van der Waals surface area contributed by atoms with Gasteiger partial charge in [-0.3, -0.25) is 4.79 Å². The number of ether oxygens (including phenoxy) is 1. The highest BCUT2D eigenvalue weighted by Crippen LogP contribution is 2.19. The van der Waals surface area contributed by atoms with Crippen LogP contribution < -0.4 is 20.3 Å². The van der Waals surface area contributed by atoms with Gasteiger partial charge in [-0.05, 0) is 42.5 Å². The van der Waals surface area contributed by atoms with Crippen molar-refractivity contribution in [1.82, 2.24) is 9.97 Å². The maximum atomic E-state index is 12.5. The number of benzene rings is 2. The molecule has 0 atom stereocenters. The van der Waals surface area contributed by atoms with Gasteiger partial charge < -0.3 is 20.3 Å². The Labute approximate surface area is 158 Å². The lowest BCUT2D eigenvalue weighted by Gasteiger charge is -2.13. The van der Waals surface area contributed by atoms with E-state index in [-0.39, 0.29) is 11.6 Å². The molecule has 7 nitrogen and oxygen atoms in total. The molecule has 3 aromatic rings. The van der Waals surface area contributed by atoms with E-state index < -0.39 is 0 Å². The smallest absolute Gasteiger partial charge is 0.274 e. The molecule has 138 valence electrons. The van der Waals surface area contributed by atoms with Crippen LogP contribution in [0.15, 0.2) is 60.8 Å². The number of aromatic nitrogens is 2. The van der Waals surface area contributed by atoms with E-state index in [1.165, 1.54) is 0 Å². The van der Waals surface area contributed by atoms with Crippen LogP contribution in [0.25, 0.3) is 0 Å². The zero-order valence-electron chi connectivity index (χ0n) is 15.4. The van der Waals surface area contributed by atoms with Crippen molar-refractivity contribution in [3.8, 4) is 5.75 Å². The van der Waals surface area contributed by atoms with Gasteiger partial charge in [0.1, 0.15) is 11.4 Å². The van der Waals surface area contributed by atoms with Crippen LogP contribution in [0.3, 0.4) is 0 Å². The van der Waals surface area contributed by atoms with E-state index in [0.717, 1.165) is 11.4 Å². The molecule has 0 bridgehead atoms. The summed E-state index contributed by atoms with van der Waals surface area (Å²) in [7, 11) is 5.54. The standard InChI is InChI=1S/C20H21N5O2/c1-25(2)16-9-7-14(8-10-16)23-20-21-12-11-18(24-20)19(26)22-15-5-4-6-17(13-15)27-3/h4-13H,1-3H3,(H,22,26)(H,21,23,24). The zero-order valence-corrected chi connectivity index (χ0v) is 15.4. The first-order valence-corrected chi connectivity index (χ1v) is 8.38. The van der Waals surface area contributed by atoms with E-state index in [1.807, 2.05) is 49.3 Å². The van der Waals surface area contributed by atoms with Gasteiger partial charge in [-0.2, -0.15) is 0 Å². The lowest BCUT2D eigenvalue weighted by molar-refractivity contribution is 0.102. The highest BCUT2D eigenvalue weighted by atomic mass is 16.5. The normalized spacial score (nSPS) is 10.2. The SMILES string of the molecule is COc1cccc(NC(=O)c2ccnc(Nc3ccc(N(C)C)cc3)n2)c1. The molecule has 0 spiro atoms. The Kier molecular flexibility index (Phi) is 5.51. The lowest BCUT2D eigenvalue weighted by Crippen LogP contribution is -2.14. The second-order valence-electron chi connectivity index (χ2n) is 6.02. The molecular weight excluding hydrogens is 342 g/mol. The minimum absolute atomic E-state index is 0.264. The first kappa shape index (κ1) is 18.2. The number of nitrogens with one attached hydrogen (secondary N) is 2. The Morgan fingerprint density at radius 3 is 2.52 bits per heavy atom. The third-order valence-electron chi connectivity index (χ3n) is 3.86. The van der Waals surface area contributed by atoms with Crippen molar-refractivity contribution in [2.45, 2.75) is 0 Å². The minimum atomic E-state index is -0.323. The van der Waals surface area contributed by atoms with Crippen LogP contribution in [0.5, 0.6) is 5.75 Å². The Hall–Kier alpha value is -3.61. The van der Waals surface area contributed by atoms with Crippen molar-refractivity contribution in [2.24, 2.45) is 0 Å². The number of rotatable bonds is 6. The van der Waals surface area contributed by atoms with Crippen LogP contribution in [-0.4, -0.2) is 37.1 Å². The number of anilines is 4. The second kappa shape index (κ2) is 8.18. The van der Waals surface area contributed by atoms with Crippen LogP contribution in [0, 0.1) is 0 Å². The van der Waals surface area contributed by atoms with Crippen LogP contribution in [-0.2, 0) is 0 Å². The number of carbonyl (C=O) groups is 1. The molecule has 1 heterocycles. The molecule has 1 aromatic heterocycles. The summed E-state index contributed by atoms with van der Waals surface area (Å²) in [5, 5.41) is 5.91. The van der Waals surface area contributed by atoms with Crippen LogP contribution in [0.4, 0.5) is 23.0 Å². The summed E-state index contributed by atoms with van der Waals surface area (Å²) in [6.45, 7) is 0. The third-order valence-corrected chi connectivity index (χ3v) is 3.86. The Bertz CT molecular complexity index is 926. The van der Waals surface area contributed by atoms with E-state index >= 15 is 0 Å². The fourth-order valence-electron chi connectivity index (χ4n) is 2.41. The Balaban J connectivity index is 1.71. The molecule has 3 rings (SSSR count). The van der Waals surface area contributed by atoms with Crippen LogP contribution >= 0.6 is 0 Å². The molecule has 2 aromatic carbocycles. The van der Waals surface area contributed by atoms with E-state index in [2.05, 4.69) is 20.6 Å². The van der Waals surface area contributed by atoms with Crippen molar-refractivity contribution in [2.75, 3.05) is 36.7 Å². The van der Waals surface area contributed by atoms with Gasteiger partial charge in [-0.15, -0.1) is 0 Å². The van der Waals surface area contributed by atoms with Crippen molar-refractivity contribution < 1.29 is 9.53 Å². The first-order chi connectivity index (χ1) is 13.0. The van der Waals surface area contributed by atoms with Gasteiger partial charge in [-0.25, -0.2) is 9.97 Å². The molecule has 0 aliphatic heterocycles. The summed E-state index contributed by atoms with van der Waals surface area (Å²) in [6.07, 6.45) is 1.55. The fourth-order valence-corrected chi connectivity index (χ4v) is 2.41. The predicted molar refractivity (Wildman–Crippen MR) is 107 cm³/mol. The molecule has 1 amide bonds. The minimum Gasteiger partial charge on any atom is -0.497 e. The monoisotopic (exact) mass is 363 g/mol. The summed E-state index contributed by atoms with van der Waals surface area (Å²) in [5.74, 6) is 0.696. The van der Waals surface area contributed by atoms with Crippen molar-refractivity contribution in [3.05, 3.63) is 66.5 Å². The van der Waals surface area contributed by atoms with Crippen LogP contribution in [0.2, 0.25) is 0 Å². The second-order valence-corrected chi connectivity index (χ2v) is 6.02. The number of amides is 1. The number of methoxy groups -OCH3 is 1. The highest BCUT2D eigenvalue weighted by molar-refractivity contribution is 6.03. The number of hydrogen-bond acceptors (Lipinski definition) is 6. The summed E-state index contributed by atoms with van der Waals surface area (Å²) in [5.41, 5.74) is 2.82. The molecule has 0 fully saturated rings. The molecule has 7 heteroatoms.